The molecule has 1 aliphatic rings. The third-order valence-corrected chi connectivity index (χ3v) is 4.54. The fourth-order valence-corrected chi connectivity index (χ4v) is 3.11. The van der Waals surface area contributed by atoms with Gasteiger partial charge in [0.05, 0.1) is 11.4 Å². The Morgan fingerprint density at radius 1 is 1.13 bits per heavy atom. The van der Waals surface area contributed by atoms with E-state index in [1.54, 1.807) is 0 Å². The van der Waals surface area contributed by atoms with Crippen LogP contribution in [-0.2, 0) is 0 Å². The number of urea groups is 1. The molecular formula is C19H31N3O. The van der Waals surface area contributed by atoms with Gasteiger partial charge in [0, 0.05) is 26.2 Å². The standard InChI is InChI=1S/C19H31N3O/c1-3-5-14-21(4-2)19(23)20-17-12-8-9-13-18(17)22-15-10-6-7-11-16-22/h8-9,12-13H,3-7,10-11,14-16H2,1-2H3,(H,20,23). The molecule has 1 aliphatic heterocycles. The summed E-state index contributed by atoms with van der Waals surface area (Å²) in [6, 6.07) is 8.22. The molecule has 128 valence electrons. The quantitative estimate of drug-likeness (QED) is 0.824. The number of carbonyl (C=O) groups excluding carboxylic acids is 1. The second-order valence-electron chi connectivity index (χ2n) is 6.28. The largest absolute Gasteiger partial charge is 0.370 e. The number of nitrogens with one attached hydrogen (secondary N) is 1. The molecular weight excluding hydrogens is 286 g/mol. The van der Waals surface area contributed by atoms with E-state index in [-0.39, 0.29) is 6.03 Å². The van der Waals surface area contributed by atoms with Crippen molar-refractivity contribution >= 4 is 17.4 Å². The van der Waals surface area contributed by atoms with E-state index in [1.165, 1.54) is 25.7 Å². The Hall–Kier alpha value is -1.71. The summed E-state index contributed by atoms with van der Waals surface area (Å²) >= 11 is 0. The number of amides is 2. The molecule has 0 aliphatic carbocycles. The van der Waals surface area contributed by atoms with Gasteiger partial charge in [-0.1, -0.05) is 38.3 Å². The van der Waals surface area contributed by atoms with Crippen molar-refractivity contribution in [3.05, 3.63) is 24.3 Å². The smallest absolute Gasteiger partial charge is 0.321 e. The Bertz CT molecular complexity index is 481. The van der Waals surface area contributed by atoms with Crippen LogP contribution in [0.1, 0.15) is 52.4 Å². The van der Waals surface area contributed by atoms with E-state index in [0.717, 1.165) is 50.4 Å². The fraction of sp³-hybridized carbons (Fsp3) is 0.632. The predicted molar refractivity (Wildman–Crippen MR) is 98.3 cm³/mol. The molecule has 1 aromatic rings. The molecule has 0 aromatic heterocycles. The van der Waals surface area contributed by atoms with Gasteiger partial charge in [-0.25, -0.2) is 4.79 Å². The Morgan fingerprint density at radius 3 is 2.48 bits per heavy atom. The molecule has 1 saturated heterocycles. The van der Waals surface area contributed by atoms with Crippen molar-refractivity contribution in [1.82, 2.24) is 4.90 Å². The minimum absolute atomic E-state index is 0.0169. The number of para-hydroxylation sites is 2. The third kappa shape index (κ3) is 5.15. The average molecular weight is 317 g/mol. The average Bonchev–Trinajstić information content (AvgIpc) is 2.85. The summed E-state index contributed by atoms with van der Waals surface area (Å²) < 4.78 is 0. The minimum Gasteiger partial charge on any atom is -0.370 e. The Morgan fingerprint density at radius 2 is 1.83 bits per heavy atom. The first kappa shape index (κ1) is 17.6. The highest BCUT2D eigenvalue weighted by atomic mass is 16.2. The Balaban J connectivity index is 2.08. The fourth-order valence-electron chi connectivity index (χ4n) is 3.11. The minimum atomic E-state index is 0.0169. The molecule has 4 nitrogen and oxygen atoms in total. The molecule has 4 heteroatoms. The summed E-state index contributed by atoms with van der Waals surface area (Å²) in [4.78, 5) is 16.9. The van der Waals surface area contributed by atoms with Crippen LogP contribution in [0.3, 0.4) is 0 Å². The van der Waals surface area contributed by atoms with Crippen LogP contribution in [0.25, 0.3) is 0 Å². The number of anilines is 2. The topological polar surface area (TPSA) is 35.6 Å². The Kier molecular flexibility index (Phi) is 7.24. The van der Waals surface area contributed by atoms with Crippen molar-refractivity contribution in [2.45, 2.75) is 52.4 Å². The number of rotatable bonds is 6. The molecule has 0 unspecified atom stereocenters. The van der Waals surface area contributed by atoms with Crippen LogP contribution < -0.4 is 10.2 Å². The number of benzene rings is 1. The maximum absolute atomic E-state index is 12.5. The van der Waals surface area contributed by atoms with Gasteiger partial charge in [0.25, 0.3) is 0 Å². The monoisotopic (exact) mass is 317 g/mol. The van der Waals surface area contributed by atoms with E-state index in [9.17, 15) is 4.79 Å². The van der Waals surface area contributed by atoms with Gasteiger partial charge < -0.3 is 15.1 Å². The first-order chi connectivity index (χ1) is 11.3. The Labute approximate surface area is 140 Å². The molecule has 1 N–H and O–H groups in total. The van der Waals surface area contributed by atoms with Crippen molar-refractivity contribution < 1.29 is 4.79 Å². The maximum atomic E-state index is 12.5. The highest BCUT2D eigenvalue weighted by Gasteiger charge is 2.16. The summed E-state index contributed by atoms with van der Waals surface area (Å²) in [7, 11) is 0. The lowest BCUT2D eigenvalue weighted by atomic mass is 10.2. The van der Waals surface area contributed by atoms with Crippen molar-refractivity contribution in [2.75, 3.05) is 36.4 Å². The number of hydrogen-bond acceptors (Lipinski definition) is 2. The van der Waals surface area contributed by atoms with Gasteiger partial charge in [-0.05, 0) is 38.3 Å². The zero-order valence-corrected chi connectivity index (χ0v) is 14.7. The summed E-state index contributed by atoms with van der Waals surface area (Å²) in [6.45, 7) is 7.93. The molecule has 1 fully saturated rings. The summed E-state index contributed by atoms with van der Waals surface area (Å²) in [5, 5.41) is 3.13. The lowest BCUT2D eigenvalue weighted by molar-refractivity contribution is 0.213. The van der Waals surface area contributed by atoms with Crippen LogP contribution in [0, 0.1) is 0 Å². The van der Waals surface area contributed by atoms with Crippen LogP contribution >= 0.6 is 0 Å². The lowest BCUT2D eigenvalue weighted by Gasteiger charge is -2.27. The van der Waals surface area contributed by atoms with Crippen molar-refractivity contribution in [3.63, 3.8) is 0 Å². The molecule has 2 rings (SSSR count). The molecule has 1 heterocycles. The van der Waals surface area contributed by atoms with Crippen molar-refractivity contribution in [2.24, 2.45) is 0 Å². The van der Waals surface area contributed by atoms with Gasteiger partial charge in [0.2, 0.25) is 0 Å². The highest BCUT2D eigenvalue weighted by molar-refractivity contribution is 5.93. The van der Waals surface area contributed by atoms with Crippen LogP contribution in [0.5, 0.6) is 0 Å². The van der Waals surface area contributed by atoms with E-state index < -0.39 is 0 Å². The SMILES string of the molecule is CCCCN(CC)C(=O)Nc1ccccc1N1CCCCCC1. The maximum Gasteiger partial charge on any atom is 0.321 e. The normalized spacial score (nSPS) is 15.1. The third-order valence-electron chi connectivity index (χ3n) is 4.54. The zero-order chi connectivity index (χ0) is 16.5. The predicted octanol–water partition coefficient (Wildman–Crippen LogP) is 4.72. The van der Waals surface area contributed by atoms with E-state index in [0.29, 0.717) is 0 Å². The van der Waals surface area contributed by atoms with Crippen LogP contribution in [-0.4, -0.2) is 37.1 Å². The molecule has 0 radical (unpaired) electrons. The second kappa shape index (κ2) is 9.43. The van der Waals surface area contributed by atoms with E-state index in [1.807, 2.05) is 24.0 Å². The van der Waals surface area contributed by atoms with Crippen LogP contribution in [0.2, 0.25) is 0 Å². The van der Waals surface area contributed by atoms with Crippen LogP contribution in [0.15, 0.2) is 24.3 Å². The number of hydrogen-bond donors (Lipinski definition) is 1. The van der Waals surface area contributed by atoms with Crippen LogP contribution in [0.4, 0.5) is 16.2 Å². The summed E-state index contributed by atoms with van der Waals surface area (Å²) in [5.74, 6) is 0. The molecule has 1 aromatic carbocycles. The van der Waals surface area contributed by atoms with E-state index in [2.05, 4.69) is 29.3 Å². The van der Waals surface area contributed by atoms with E-state index in [4.69, 9.17) is 0 Å². The van der Waals surface area contributed by atoms with Gasteiger partial charge in [0.15, 0.2) is 0 Å². The number of carbonyl (C=O) groups is 1. The van der Waals surface area contributed by atoms with Gasteiger partial charge in [0.1, 0.15) is 0 Å². The summed E-state index contributed by atoms with van der Waals surface area (Å²) in [5.41, 5.74) is 2.10. The number of unbranched alkanes of at least 4 members (excludes halogenated alkanes) is 1. The van der Waals surface area contributed by atoms with Gasteiger partial charge in [-0.15, -0.1) is 0 Å². The molecule has 2 amide bonds. The van der Waals surface area contributed by atoms with Crippen molar-refractivity contribution in [3.8, 4) is 0 Å². The van der Waals surface area contributed by atoms with Gasteiger partial charge >= 0.3 is 6.03 Å². The van der Waals surface area contributed by atoms with Crippen molar-refractivity contribution in [1.29, 1.82) is 0 Å². The van der Waals surface area contributed by atoms with Gasteiger partial charge in [-0.2, -0.15) is 0 Å². The molecule has 0 spiro atoms. The first-order valence-corrected chi connectivity index (χ1v) is 9.16. The summed E-state index contributed by atoms with van der Waals surface area (Å²) in [6.07, 6.45) is 7.25. The zero-order valence-electron chi connectivity index (χ0n) is 14.7. The number of nitrogens with zero attached hydrogens (tertiary/aromatic N) is 2. The molecule has 0 atom stereocenters. The first-order valence-electron chi connectivity index (χ1n) is 9.16. The molecule has 0 bridgehead atoms. The van der Waals surface area contributed by atoms with E-state index >= 15 is 0 Å². The lowest BCUT2D eigenvalue weighted by Crippen LogP contribution is -2.36. The molecule has 23 heavy (non-hydrogen) atoms. The second-order valence-corrected chi connectivity index (χ2v) is 6.28. The highest BCUT2D eigenvalue weighted by Crippen LogP contribution is 2.28. The van der Waals surface area contributed by atoms with Gasteiger partial charge in [-0.3, -0.25) is 0 Å². The molecule has 0 saturated carbocycles.